The first kappa shape index (κ1) is 11.3. The largest absolute Gasteiger partial charge is 0.496 e. The number of nitriles is 1. The number of methoxy groups -OCH3 is 1. The highest BCUT2D eigenvalue weighted by atomic mass is 16.5. The van der Waals surface area contributed by atoms with Gasteiger partial charge in [0.25, 0.3) is 0 Å². The summed E-state index contributed by atoms with van der Waals surface area (Å²) in [5.41, 5.74) is 0.776. The molecule has 0 saturated carbocycles. The Hall–Kier alpha value is -1.82. The number of para-hydroxylation sites is 1. The molecule has 0 bridgehead atoms. The second-order valence-electron chi connectivity index (χ2n) is 3.33. The van der Waals surface area contributed by atoms with Crippen molar-refractivity contribution in [3.05, 3.63) is 29.8 Å². The molecule has 0 heterocycles. The number of carbonyl (C=O) groups excluding carboxylic acids is 1. The van der Waals surface area contributed by atoms with Gasteiger partial charge in [0.05, 0.1) is 19.1 Å². The second-order valence-corrected chi connectivity index (χ2v) is 3.33. The average Bonchev–Trinajstić information content (AvgIpc) is 2.25. The number of carbonyl (C=O) groups is 1. The summed E-state index contributed by atoms with van der Waals surface area (Å²) >= 11 is 0. The molecular weight excluding hydrogens is 190 g/mol. The average molecular weight is 203 g/mol. The number of hydrogen-bond acceptors (Lipinski definition) is 3. The molecule has 0 saturated heterocycles. The van der Waals surface area contributed by atoms with Crippen LogP contribution in [-0.2, 0) is 4.79 Å². The number of Topliss-reactive ketones (excluding diaryl/α,β-unsaturated/α-hetero) is 1. The lowest BCUT2D eigenvalue weighted by Gasteiger charge is -2.11. The van der Waals surface area contributed by atoms with E-state index in [2.05, 4.69) is 6.07 Å². The molecule has 1 unspecified atom stereocenters. The number of ether oxygens (including phenoxy) is 1. The molecule has 1 aromatic rings. The highest BCUT2D eigenvalue weighted by molar-refractivity contribution is 5.77. The van der Waals surface area contributed by atoms with Crippen LogP contribution in [0.25, 0.3) is 0 Å². The first-order valence-corrected chi connectivity index (χ1v) is 4.71. The molecule has 3 heteroatoms. The lowest BCUT2D eigenvalue weighted by molar-refractivity contribution is -0.117. The van der Waals surface area contributed by atoms with Gasteiger partial charge in [0.1, 0.15) is 11.5 Å². The van der Waals surface area contributed by atoms with Gasteiger partial charge in [-0.3, -0.25) is 4.79 Å². The molecule has 0 N–H and O–H groups in total. The normalized spacial score (nSPS) is 11.5. The summed E-state index contributed by atoms with van der Waals surface area (Å²) in [5, 5.41) is 8.99. The molecule has 0 aliphatic carbocycles. The van der Waals surface area contributed by atoms with Gasteiger partial charge in [-0.25, -0.2) is 0 Å². The third kappa shape index (κ3) is 2.81. The number of nitrogens with zero attached hydrogens (tertiary/aromatic N) is 1. The zero-order valence-corrected chi connectivity index (χ0v) is 8.86. The standard InChI is InChI=1S/C12H13NO2/c1-9(14)7-10(8-13)11-5-3-4-6-12(11)15-2/h3-6,10H,7H2,1-2H3. The van der Waals surface area contributed by atoms with Crippen LogP contribution in [0.15, 0.2) is 24.3 Å². The predicted octanol–water partition coefficient (Wildman–Crippen LogP) is 2.28. The molecule has 78 valence electrons. The minimum absolute atomic E-state index is 0.00690. The van der Waals surface area contributed by atoms with E-state index in [1.54, 1.807) is 13.2 Å². The molecule has 0 aliphatic heterocycles. The van der Waals surface area contributed by atoms with Crippen molar-refractivity contribution in [3.63, 3.8) is 0 Å². The summed E-state index contributed by atoms with van der Waals surface area (Å²) in [5.74, 6) is 0.247. The zero-order chi connectivity index (χ0) is 11.3. The fourth-order valence-corrected chi connectivity index (χ4v) is 1.47. The SMILES string of the molecule is COc1ccccc1C(C#N)CC(C)=O. The topological polar surface area (TPSA) is 50.1 Å². The van der Waals surface area contributed by atoms with Crippen LogP contribution in [0.2, 0.25) is 0 Å². The number of benzene rings is 1. The van der Waals surface area contributed by atoms with E-state index in [1.165, 1.54) is 6.92 Å². The van der Waals surface area contributed by atoms with Crippen LogP contribution in [0, 0.1) is 11.3 Å². The molecule has 1 aromatic carbocycles. The number of hydrogen-bond donors (Lipinski definition) is 0. The summed E-state index contributed by atoms with van der Waals surface area (Å²) in [4.78, 5) is 11.0. The third-order valence-electron chi connectivity index (χ3n) is 2.16. The third-order valence-corrected chi connectivity index (χ3v) is 2.16. The van der Waals surface area contributed by atoms with E-state index in [0.717, 1.165) is 5.56 Å². The zero-order valence-electron chi connectivity index (χ0n) is 8.86. The highest BCUT2D eigenvalue weighted by Gasteiger charge is 2.16. The van der Waals surface area contributed by atoms with E-state index in [4.69, 9.17) is 10.00 Å². The summed E-state index contributed by atoms with van der Waals surface area (Å²) in [6, 6.07) is 9.40. The molecule has 15 heavy (non-hydrogen) atoms. The Labute approximate surface area is 89.3 Å². The molecule has 0 fully saturated rings. The monoisotopic (exact) mass is 203 g/mol. The molecule has 0 amide bonds. The van der Waals surface area contributed by atoms with Gasteiger partial charge < -0.3 is 4.74 Å². The van der Waals surface area contributed by atoms with Crippen LogP contribution >= 0.6 is 0 Å². The minimum atomic E-state index is -0.418. The fourth-order valence-electron chi connectivity index (χ4n) is 1.47. The molecule has 0 radical (unpaired) electrons. The minimum Gasteiger partial charge on any atom is -0.496 e. The van der Waals surface area contributed by atoms with E-state index in [9.17, 15) is 4.79 Å². The van der Waals surface area contributed by atoms with Crippen LogP contribution in [0.3, 0.4) is 0 Å². The van der Waals surface area contributed by atoms with Gasteiger partial charge in [0.2, 0.25) is 0 Å². The first-order chi connectivity index (χ1) is 7.19. The Kier molecular flexibility index (Phi) is 3.87. The van der Waals surface area contributed by atoms with Gasteiger partial charge in [-0.15, -0.1) is 0 Å². The summed E-state index contributed by atoms with van der Waals surface area (Å²) in [6.45, 7) is 1.49. The van der Waals surface area contributed by atoms with Gasteiger partial charge in [0, 0.05) is 12.0 Å². The molecular formula is C12H13NO2. The summed E-state index contributed by atoms with van der Waals surface area (Å²) in [6.07, 6.45) is 0.233. The Morgan fingerprint density at radius 3 is 2.73 bits per heavy atom. The van der Waals surface area contributed by atoms with E-state index >= 15 is 0 Å². The van der Waals surface area contributed by atoms with Crippen LogP contribution < -0.4 is 4.74 Å². The quantitative estimate of drug-likeness (QED) is 0.754. The highest BCUT2D eigenvalue weighted by Crippen LogP contribution is 2.28. The molecule has 0 aliphatic rings. The van der Waals surface area contributed by atoms with Gasteiger partial charge in [0.15, 0.2) is 0 Å². The van der Waals surface area contributed by atoms with Crippen molar-refractivity contribution in [3.8, 4) is 11.8 Å². The van der Waals surface area contributed by atoms with Crippen LogP contribution in [0.4, 0.5) is 0 Å². The van der Waals surface area contributed by atoms with Gasteiger partial charge in [-0.2, -0.15) is 5.26 Å². The van der Waals surface area contributed by atoms with E-state index in [1.807, 2.05) is 18.2 Å². The molecule has 0 spiro atoms. The maximum atomic E-state index is 11.0. The Morgan fingerprint density at radius 2 is 2.20 bits per heavy atom. The lowest BCUT2D eigenvalue weighted by Crippen LogP contribution is -2.03. The summed E-state index contributed by atoms with van der Waals surface area (Å²) in [7, 11) is 1.56. The van der Waals surface area contributed by atoms with Crippen molar-refractivity contribution in [1.82, 2.24) is 0 Å². The Morgan fingerprint density at radius 1 is 1.53 bits per heavy atom. The molecule has 1 atom stereocenters. The second kappa shape index (κ2) is 5.16. The molecule has 1 rings (SSSR count). The van der Waals surface area contributed by atoms with Gasteiger partial charge in [-0.1, -0.05) is 18.2 Å². The van der Waals surface area contributed by atoms with Crippen molar-refractivity contribution < 1.29 is 9.53 Å². The van der Waals surface area contributed by atoms with E-state index < -0.39 is 5.92 Å². The van der Waals surface area contributed by atoms with Crippen molar-refractivity contribution in [2.45, 2.75) is 19.3 Å². The first-order valence-electron chi connectivity index (χ1n) is 4.71. The van der Waals surface area contributed by atoms with Crippen molar-refractivity contribution in [2.75, 3.05) is 7.11 Å². The Bertz CT molecular complexity index is 393. The molecule has 0 aromatic heterocycles. The maximum Gasteiger partial charge on any atom is 0.131 e. The van der Waals surface area contributed by atoms with Gasteiger partial charge in [-0.05, 0) is 13.0 Å². The van der Waals surface area contributed by atoms with Crippen LogP contribution in [0.5, 0.6) is 5.75 Å². The Balaban J connectivity index is 3.02. The number of ketones is 1. The van der Waals surface area contributed by atoms with E-state index in [0.29, 0.717) is 5.75 Å². The van der Waals surface area contributed by atoms with Gasteiger partial charge >= 0.3 is 0 Å². The summed E-state index contributed by atoms with van der Waals surface area (Å²) < 4.78 is 5.15. The van der Waals surface area contributed by atoms with Crippen molar-refractivity contribution in [1.29, 1.82) is 5.26 Å². The molecule has 3 nitrogen and oxygen atoms in total. The number of rotatable bonds is 4. The van der Waals surface area contributed by atoms with Crippen molar-refractivity contribution in [2.24, 2.45) is 0 Å². The maximum absolute atomic E-state index is 11.0. The fraction of sp³-hybridized carbons (Fsp3) is 0.333. The van der Waals surface area contributed by atoms with Crippen molar-refractivity contribution >= 4 is 5.78 Å². The van der Waals surface area contributed by atoms with Crippen LogP contribution in [-0.4, -0.2) is 12.9 Å². The lowest BCUT2D eigenvalue weighted by atomic mass is 9.95. The van der Waals surface area contributed by atoms with Crippen LogP contribution in [0.1, 0.15) is 24.8 Å². The van der Waals surface area contributed by atoms with E-state index in [-0.39, 0.29) is 12.2 Å². The predicted molar refractivity (Wildman–Crippen MR) is 56.6 cm³/mol. The smallest absolute Gasteiger partial charge is 0.131 e.